The van der Waals surface area contributed by atoms with Gasteiger partial charge >= 0.3 is 6.36 Å². The van der Waals surface area contributed by atoms with Gasteiger partial charge in [0, 0.05) is 5.56 Å². The molecule has 0 unspecified atom stereocenters. The summed E-state index contributed by atoms with van der Waals surface area (Å²) in [5.41, 5.74) is 0.0107. The zero-order valence-electron chi connectivity index (χ0n) is 13.6. The number of hydrogen-bond donors (Lipinski definition) is 1. The molecule has 6 nitrogen and oxygen atoms in total. The molecule has 1 heterocycles. The Morgan fingerprint density at radius 1 is 1.12 bits per heavy atom. The summed E-state index contributed by atoms with van der Waals surface area (Å²) in [7, 11) is 1.40. The van der Waals surface area contributed by atoms with E-state index >= 15 is 0 Å². The van der Waals surface area contributed by atoms with Gasteiger partial charge in [-0.1, -0.05) is 12.1 Å². The van der Waals surface area contributed by atoms with Crippen molar-refractivity contribution in [3.8, 4) is 23.0 Å². The number of methoxy groups -OCH3 is 1. The molecule has 1 aliphatic heterocycles. The van der Waals surface area contributed by atoms with Gasteiger partial charge in [-0.05, 0) is 24.3 Å². The van der Waals surface area contributed by atoms with Crippen molar-refractivity contribution in [2.24, 2.45) is 0 Å². The molecule has 0 aliphatic carbocycles. The number of hydrogen-bond acceptors (Lipinski definition) is 5. The van der Waals surface area contributed by atoms with Crippen molar-refractivity contribution in [2.45, 2.75) is 6.36 Å². The third kappa shape index (κ3) is 3.93. The molecule has 26 heavy (non-hydrogen) atoms. The summed E-state index contributed by atoms with van der Waals surface area (Å²) in [6.45, 7) is 0.653. The van der Waals surface area contributed by atoms with E-state index in [1.165, 1.54) is 37.4 Å². The summed E-state index contributed by atoms with van der Waals surface area (Å²) in [6.07, 6.45) is -4.87. The number of halogens is 3. The van der Waals surface area contributed by atoms with E-state index in [4.69, 9.17) is 14.2 Å². The van der Waals surface area contributed by atoms with Gasteiger partial charge in [0.2, 0.25) is 5.75 Å². The highest BCUT2D eigenvalue weighted by atomic mass is 19.4. The van der Waals surface area contributed by atoms with E-state index in [1.54, 1.807) is 0 Å². The topological polar surface area (TPSA) is 66.0 Å². The number of ether oxygens (including phenoxy) is 4. The third-order valence-electron chi connectivity index (χ3n) is 3.45. The fourth-order valence-corrected chi connectivity index (χ4v) is 2.38. The lowest BCUT2D eigenvalue weighted by molar-refractivity contribution is -0.274. The van der Waals surface area contributed by atoms with Crippen molar-refractivity contribution in [2.75, 3.05) is 25.6 Å². The summed E-state index contributed by atoms with van der Waals surface area (Å²) in [6, 6.07) is 8.09. The van der Waals surface area contributed by atoms with Crippen LogP contribution in [-0.4, -0.2) is 32.6 Å². The minimum atomic E-state index is -4.87. The Labute approximate surface area is 146 Å². The average molecular weight is 369 g/mol. The second-order valence-electron chi connectivity index (χ2n) is 5.20. The van der Waals surface area contributed by atoms with Crippen molar-refractivity contribution < 1.29 is 36.9 Å². The average Bonchev–Trinajstić information content (AvgIpc) is 2.61. The van der Waals surface area contributed by atoms with Gasteiger partial charge < -0.3 is 24.3 Å². The maximum atomic E-state index is 12.5. The Balaban J connectivity index is 1.87. The van der Waals surface area contributed by atoms with Crippen LogP contribution in [0.15, 0.2) is 36.4 Å². The smallest absolute Gasteiger partial charge is 0.493 e. The van der Waals surface area contributed by atoms with Crippen LogP contribution in [0.5, 0.6) is 23.0 Å². The van der Waals surface area contributed by atoms with Crippen LogP contribution in [-0.2, 0) is 0 Å². The number of para-hydroxylation sites is 2. The molecular weight excluding hydrogens is 355 g/mol. The fraction of sp³-hybridized carbons (Fsp3) is 0.235. The van der Waals surface area contributed by atoms with Gasteiger partial charge in [-0.15, -0.1) is 13.2 Å². The van der Waals surface area contributed by atoms with Crippen LogP contribution < -0.4 is 24.3 Å². The van der Waals surface area contributed by atoms with Gasteiger partial charge in [0.15, 0.2) is 17.2 Å². The van der Waals surface area contributed by atoms with Crippen molar-refractivity contribution in [1.29, 1.82) is 0 Å². The number of carbonyl (C=O) groups is 1. The second kappa shape index (κ2) is 7.03. The number of fused-ring (bicyclic) bond motifs is 1. The molecule has 0 saturated carbocycles. The monoisotopic (exact) mass is 369 g/mol. The van der Waals surface area contributed by atoms with Crippen LogP contribution in [0.4, 0.5) is 18.9 Å². The van der Waals surface area contributed by atoms with Crippen LogP contribution in [0.1, 0.15) is 10.4 Å². The molecule has 1 N–H and O–H groups in total. The van der Waals surface area contributed by atoms with E-state index in [0.29, 0.717) is 24.7 Å². The van der Waals surface area contributed by atoms with Crippen LogP contribution in [0.2, 0.25) is 0 Å². The molecule has 0 radical (unpaired) electrons. The number of alkyl halides is 3. The lowest BCUT2D eigenvalue weighted by atomic mass is 10.1. The SMILES string of the molecule is COc1cc(C(=O)Nc2ccccc2OC(F)(F)F)cc2c1OCCO2. The standard InChI is InChI=1S/C17H14F3NO5/c1-23-13-8-10(9-14-15(13)25-7-6-24-14)16(22)21-11-4-2-3-5-12(11)26-17(18,19)20/h2-5,8-9H,6-7H2,1H3,(H,21,22). The van der Waals surface area contributed by atoms with E-state index in [9.17, 15) is 18.0 Å². The summed E-state index contributed by atoms with van der Waals surface area (Å²) < 4.78 is 57.5. The third-order valence-corrected chi connectivity index (χ3v) is 3.45. The van der Waals surface area contributed by atoms with Gasteiger partial charge in [-0.2, -0.15) is 0 Å². The van der Waals surface area contributed by atoms with Crippen LogP contribution in [0.25, 0.3) is 0 Å². The zero-order chi connectivity index (χ0) is 18.7. The van der Waals surface area contributed by atoms with Gasteiger partial charge in [0.05, 0.1) is 12.8 Å². The van der Waals surface area contributed by atoms with E-state index < -0.39 is 18.0 Å². The van der Waals surface area contributed by atoms with Crippen molar-refractivity contribution in [1.82, 2.24) is 0 Å². The summed E-state index contributed by atoms with van der Waals surface area (Å²) >= 11 is 0. The van der Waals surface area contributed by atoms with Crippen molar-refractivity contribution >= 4 is 11.6 Å². The Hall–Kier alpha value is -3.10. The van der Waals surface area contributed by atoms with E-state index in [1.807, 2.05) is 0 Å². The molecule has 2 aromatic carbocycles. The van der Waals surface area contributed by atoms with Gasteiger partial charge in [-0.25, -0.2) is 0 Å². The lowest BCUT2D eigenvalue weighted by Gasteiger charge is -2.21. The van der Waals surface area contributed by atoms with E-state index in [0.717, 1.165) is 6.07 Å². The molecule has 0 bridgehead atoms. The van der Waals surface area contributed by atoms with Crippen LogP contribution >= 0.6 is 0 Å². The normalized spacial score (nSPS) is 13.1. The first-order valence-corrected chi connectivity index (χ1v) is 7.51. The number of benzene rings is 2. The molecule has 1 aliphatic rings. The summed E-state index contributed by atoms with van der Waals surface area (Å²) in [5, 5.41) is 2.39. The van der Waals surface area contributed by atoms with E-state index in [-0.39, 0.29) is 17.0 Å². The Kier molecular flexibility index (Phi) is 4.79. The Morgan fingerprint density at radius 2 is 1.85 bits per heavy atom. The highest BCUT2D eigenvalue weighted by Gasteiger charge is 2.32. The number of rotatable bonds is 4. The highest BCUT2D eigenvalue weighted by Crippen LogP contribution is 2.40. The quantitative estimate of drug-likeness (QED) is 0.892. The van der Waals surface area contributed by atoms with Crippen molar-refractivity contribution in [3.63, 3.8) is 0 Å². The fourth-order valence-electron chi connectivity index (χ4n) is 2.38. The molecule has 138 valence electrons. The molecule has 0 spiro atoms. The Bertz CT molecular complexity index is 805. The first-order chi connectivity index (χ1) is 12.4. The molecule has 2 aromatic rings. The lowest BCUT2D eigenvalue weighted by Crippen LogP contribution is -2.20. The number of anilines is 1. The number of nitrogens with one attached hydrogen (secondary N) is 1. The molecular formula is C17H14F3NO5. The molecule has 0 aromatic heterocycles. The first kappa shape index (κ1) is 17.7. The molecule has 3 rings (SSSR count). The molecule has 9 heteroatoms. The van der Waals surface area contributed by atoms with Gasteiger partial charge in [0.25, 0.3) is 5.91 Å². The highest BCUT2D eigenvalue weighted by molar-refractivity contribution is 6.05. The van der Waals surface area contributed by atoms with Crippen LogP contribution in [0, 0.1) is 0 Å². The molecule has 1 amide bonds. The summed E-state index contributed by atoms with van der Waals surface area (Å²) in [5.74, 6) is -0.194. The van der Waals surface area contributed by atoms with E-state index in [2.05, 4.69) is 10.1 Å². The minimum absolute atomic E-state index is 0.122. The number of amides is 1. The zero-order valence-corrected chi connectivity index (χ0v) is 13.6. The largest absolute Gasteiger partial charge is 0.573 e. The van der Waals surface area contributed by atoms with Gasteiger partial charge in [-0.3, -0.25) is 4.79 Å². The van der Waals surface area contributed by atoms with Gasteiger partial charge in [0.1, 0.15) is 13.2 Å². The predicted octanol–water partition coefficient (Wildman–Crippen LogP) is 3.62. The second-order valence-corrected chi connectivity index (χ2v) is 5.20. The maximum Gasteiger partial charge on any atom is 0.573 e. The minimum Gasteiger partial charge on any atom is -0.493 e. The first-order valence-electron chi connectivity index (χ1n) is 7.51. The summed E-state index contributed by atoms with van der Waals surface area (Å²) in [4.78, 5) is 12.5. The molecule has 0 saturated heterocycles. The molecule has 0 fully saturated rings. The Morgan fingerprint density at radius 3 is 2.58 bits per heavy atom. The predicted molar refractivity (Wildman–Crippen MR) is 85.1 cm³/mol. The maximum absolute atomic E-state index is 12.5. The molecule has 0 atom stereocenters. The van der Waals surface area contributed by atoms with Crippen molar-refractivity contribution in [3.05, 3.63) is 42.0 Å². The number of carbonyl (C=O) groups excluding carboxylic acids is 1. The van der Waals surface area contributed by atoms with Crippen LogP contribution in [0.3, 0.4) is 0 Å².